The standard InChI is InChI=1S/C25H27NO2/c1-16-7-8-22(21(9-16)23(27)20-5-3-2-4-6-20)26-24(28)25-13-17-10-18(14-25)12-19(11-17)15-25/h2-9,17-19H,10-15H2,1H3,(H,26,28). The van der Waals surface area contributed by atoms with Crippen LogP contribution in [0.5, 0.6) is 0 Å². The van der Waals surface area contributed by atoms with Crippen molar-refractivity contribution in [2.24, 2.45) is 23.2 Å². The van der Waals surface area contributed by atoms with E-state index in [0.29, 0.717) is 16.8 Å². The van der Waals surface area contributed by atoms with Crippen LogP contribution in [0.3, 0.4) is 0 Å². The van der Waals surface area contributed by atoms with Crippen molar-refractivity contribution in [2.45, 2.75) is 45.4 Å². The Kier molecular flexibility index (Phi) is 4.15. The van der Waals surface area contributed by atoms with E-state index in [0.717, 1.165) is 42.6 Å². The molecule has 1 amide bonds. The Hall–Kier alpha value is -2.42. The molecule has 1 N–H and O–H groups in total. The van der Waals surface area contributed by atoms with Crippen LogP contribution in [0, 0.1) is 30.1 Å². The molecule has 28 heavy (non-hydrogen) atoms. The maximum Gasteiger partial charge on any atom is 0.230 e. The molecule has 3 heteroatoms. The summed E-state index contributed by atoms with van der Waals surface area (Å²) in [4.78, 5) is 26.5. The number of ketones is 1. The monoisotopic (exact) mass is 373 g/mol. The molecule has 0 radical (unpaired) electrons. The molecular weight excluding hydrogens is 346 g/mol. The van der Waals surface area contributed by atoms with Gasteiger partial charge >= 0.3 is 0 Å². The highest BCUT2D eigenvalue weighted by Crippen LogP contribution is 2.60. The van der Waals surface area contributed by atoms with E-state index in [4.69, 9.17) is 0 Å². The molecule has 144 valence electrons. The van der Waals surface area contributed by atoms with Gasteiger partial charge in [0.15, 0.2) is 5.78 Å². The van der Waals surface area contributed by atoms with E-state index in [1.54, 1.807) is 0 Å². The van der Waals surface area contributed by atoms with Gasteiger partial charge in [-0.25, -0.2) is 0 Å². The fourth-order valence-corrected chi connectivity index (χ4v) is 6.34. The largest absolute Gasteiger partial charge is 0.325 e. The Morgan fingerprint density at radius 1 is 0.893 bits per heavy atom. The summed E-state index contributed by atoms with van der Waals surface area (Å²) in [6.07, 6.45) is 7.02. The van der Waals surface area contributed by atoms with Gasteiger partial charge < -0.3 is 5.32 Å². The summed E-state index contributed by atoms with van der Waals surface area (Å²) < 4.78 is 0. The first kappa shape index (κ1) is 17.7. The molecule has 4 saturated carbocycles. The van der Waals surface area contributed by atoms with Crippen molar-refractivity contribution < 1.29 is 9.59 Å². The van der Waals surface area contributed by atoms with Crippen molar-refractivity contribution in [1.29, 1.82) is 0 Å². The molecule has 0 saturated heterocycles. The summed E-state index contributed by atoms with van der Waals surface area (Å²) >= 11 is 0. The maximum atomic E-state index is 13.4. The van der Waals surface area contributed by atoms with Crippen molar-refractivity contribution in [2.75, 3.05) is 5.32 Å². The van der Waals surface area contributed by atoms with Gasteiger partial charge in [-0.2, -0.15) is 0 Å². The molecule has 4 aliphatic rings. The number of nitrogens with one attached hydrogen (secondary N) is 1. The fourth-order valence-electron chi connectivity index (χ4n) is 6.34. The van der Waals surface area contributed by atoms with Crippen molar-refractivity contribution in [3.63, 3.8) is 0 Å². The van der Waals surface area contributed by atoms with Gasteiger partial charge in [0.25, 0.3) is 0 Å². The lowest BCUT2D eigenvalue weighted by atomic mass is 9.49. The van der Waals surface area contributed by atoms with Gasteiger partial charge in [-0.1, -0.05) is 42.0 Å². The Morgan fingerprint density at radius 2 is 1.50 bits per heavy atom. The summed E-state index contributed by atoms with van der Waals surface area (Å²) in [6.45, 7) is 1.98. The quantitative estimate of drug-likeness (QED) is 0.731. The Bertz CT molecular complexity index is 896. The minimum atomic E-state index is -0.216. The highest BCUT2D eigenvalue weighted by Gasteiger charge is 2.54. The number of rotatable bonds is 4. The second kappa shape index (κ2) is 6.58. The van der Waals surface area contributed by atoms with Gasteiger partial charge in [-0.05, 0) is 75.3 Å². The van der Waals surface area contributed by atoms with Gasteiger partial charge in [0, 0.05) is 11.1 Å². The molecule has 0 aromatic heterocycles. The average molecular weight is 373 g/mol. The van der Waals surface area contributed by atoms with Gasteiger partial charge in [-0.3, -0.25) is 9.59 Å². The predicted octanol–water partition coefficient (Wildman–Crippen LogP) is 5.38. The molecule has 0 atom stereocenters. The number of amides is 1. The molecule has 4 bridgehead atoms. The van der Waals surface area contributed by atoms with E-state index in [2.05, 4.69) is 5.32 Å². The summed E-state index contributed by atoms with van der Waals surface area (Å²) in [5.74, 6) is 2.27. The van der Waals surface area contributed by atoms with E-state index >= 15 is 0 Å². The van der Waals surface area contributed by atoms with Crippen LogP contribution in [0.2, 0.25) is 0 Å². The Morgan fingerprint density at radius 3 is 2.11 bits per heavy atom. The first-order valence-corrected chi connectivity index (χ1v) is 10.5. The van der Waals surface area contributed by atoms with Crippen LogP contribution in [-0.4, -0.2) is 11.7 Å². The molecule has 0 unspecified atom stereocenters. The molecule has 0 aliphatic heterocycles. The van der Waals surface area contributed by atoms with Crippen LogP contribution < -0.4 is 5.32 Å². The number of carbonyl (C=O) groups is 2. The summed E-state index contributed by atoms with van der Waals surface area (Å²) in [5, 5.41) is 3.19. The summed E-state index contributed by atoms with van der Waals surface area (Å²) in [6, 6.07) is 15.1. The molecular formula is C25H27NO2. The van der Waals surface area contributed by atoms with Crippen molar-refractivity contribution in [3.05, 3.63) is 65.2 Å². The normalized spacial score (nSPS) is 30.2. The van der Waals surface area contributed by atoms with E-state index in [-0.39, 0.29) is 17.1 Å². The molecule has 0 spiro atoms. The zero-order valence-corrected chi connectivity index (χ0v) is 16.4. The van der Waals surface area contributed by atoms with Gasteiger partial charge in [0.05, 0.1) is 11.1 Å². The minimum absolute atomic E-state index is 0.0369. The number of hydrogen-bond donors (Lipinski definition) is 1. The SMILES string of the molecule is Cc1ccc(NC(=O)C23CC4CC(CC(C4)C2)C3)c(C(=O)c2ccccc2)c1. The van der Waals surface area contributed by atoms with E-state index in [9.17, 15) is 9.59 Å². The predicted molar refractivity (Wildman–Crippen MR) is 110 cm³/mol. The lowest BCUT2D eigenvalue weighted by molar-refractivity contribution is -0.140. The van der Waals surface area contributed by atoms with Gasteiger partial charge in [0.2, 0.25) is 5.91 Å². The lowest BCUT2D eigenvalue weighted by Gasteiger charge is -2.55. The number of benzene rings is 2. The third-order valence-electron chi connectivity index (χ3n) is 7.22. The summed E-state index contributed by atoms with van der Waals surface area (Å²) in [5.41, 5.74) is 2.70. The van der Waals surface area contributed by atoms with Crippen molar-refractivity contribution >= 4 is 17.4 Å². The van der Waals surface area contributed by atoms with Crippen LogP contribution in [-0.2, 0) is 4.79 Å². The number of aryl methyl sites for hydroxylation is 1. The smallest absolute Gasteiger partial charge is 0.230 e. The second-order valence-corrected chi connectivity index (χ2v) is 9.40. The zero-order valence-electron chi connectivity index (χ0n) is 16.4. The van der Waals surface area contributed by atoms with Crippen molar-refractivity contribution in [1.82, 2.24) is 0 Å². The highest BCUT2D eigenvalue weighted by atomic mass is 16.2. The fraction of sp³-hybridized carbons (Fsp3) is 0.440. The van der Waals surface area contributed by atoms with Gasteiger partial charge in [-0.15, -0.1) is 0 Å². The number of carbonyl (C=O) groups excluding carboxylic acids is 2. The van der Waals surface area contributed by atoms with Crippen LogP contribution in [0.1, 0.15) is 60.0 Å². The third-order valence-corrected chi connectivity index (χ3v) is 7.22. The Balaban J connectivity index is 1.44. The van der Waals surface area contributed by atoms with E-state index in [1.807, 2.05) is 55.5 Å². The molecule has 4 fully saturated rings. The van der Waals surface area contributed by atoms with Crippen LogP contribution in [0.15, 0.2) is 48.5 Å². The van der Waals surface area contributed by atoms with E-state index in [1.165, 1.54) is 19.3 Å². The van der Waals surface area contributed by atoms with Crippen LogP contribution in [0.4, 0.5) is 5.69 Å². The molecule has 2 aromatic rings. The van der Waals surface area contributed by atoms with Crippen LogP contribution >= 0.6 is 0 Å². The molecule has 6 rings (SSSR count). The minimum Gasteiger partial charge on any atom is -0.325 e. The molecule has 2 aromatic carbocycles. The third kappa shape index (κ3) is 2.97. The second-order valence-electron chi connectivity index (χ2n) is 9.40. The van der Waals surface area contributed by atoms with Gasteiger partial charge in [0.1, 0.15) is 0 Å². The molecule has 4 aliphatic carbocycles. The first-order valence-electron chi connectivity index (χ1n) is 10.5. The lowest BCUT2D eigenvalue weighted by Crippen LogP contribution is -2.51. The van der Waals surface area contributed by atoms with Crippen LogP contribution in [0.25, 0.3) is 0 Å². The first-order chi connectivity index (χ1) is 13.5. The number of anilines is 1. The maximum absolute atomic E-state index is 13.4. The number of hydrogen-bond acceptors (Lipinski definition) is 2. The topological polar surface area (TPSA) is 46.2 Å². The average Bonchev–Trinajstić information content (AvgIpc) is 2.68. The van der Waals surface area contributed by atoms with E-state index < -0.39 is 0 Å². The highest BCUT2D eigenvalue weighted by molar-refractivity contribution is 6.14. The zero-order chi connectivity index (χ0) is 19.3. The van der Waals surface area contributed by atoms with Crippen molar-refractivity contribution in [3.8, 4) is 0 Å². The molecule has 3 nitrogen and oxygen atoms in total. The Labute approximate surface area is 166 Å². The molecule has 0 heterocycles. The summed E-state index contributed by atoms with van der Waals surface area (Å²) in [7, 11) is 0.